The number of nitrogens with zero attached hydrogens (tertiary/aromatic N) is 5. The van der Waals surface area contributed by atoms with Crippen molar-refractivity contribution in [3.8, 4) is 0 Å². The molecule has 1 spiro atoms. The number of likely N-dealkylation sites (tertiary alicyclic amines) is 1. The van der Waals surface area contributed by atoms with Gasteiger partial charge in [0.1, 0.15) is 11.2 Å². The van der Waals surface area contributed by atoms with Crippen molar-refractivity contribution in [3.63, 3.8) is 0 Å². The zero-order valence-electron chi connectivity index (χ0n) is 14.4. The molecule has 2 aromatic heterocycles. The summed E-state index contributed by atoms with van der Waals surface area (Å²) in [6, 6.07) is 3.41. The third kappa shape index (κ3) is 2.58. The predicted molar refractivity (Wildman–Crippen MR) is 92.9 cm³/mol. The lowest BCUT2D eigenvalue weighted by atomic mass is 9.75. The molecule has 2 aromatic rings. The second-order valence-corrected chi connectivity index (χ2v) is 8.82. The molecule has 9 heteroatoms. The first kappa shape index (κ1) is 17.0. The summed E-state index contributed by atoms with van der Waals surface area (Å²) in [5.74, 6) is -0.0260. The summed E-state index contributed by atoms with van der Waals surface area (Å²) in [5.41, 5.74) is 0.816. The quantitative estimate of drug-likeness (QED) is 0.729. The van der Waals surface area contributed by atoms with Crippen LogP contribution in [0.2, 0.25) is 0 Å². The maximum Gasteiger partial charge on any atom is 0.253 e. The average Bonchev–Trinajstić information content (AvgIpc) is 2.68. The highest BCUT2D eigenvalue weighted by Crippen LogP contribution is 2.42. The van der Waals surface area contributed by atoms with Gasteiger partial charge in [-0.3, -0.25) is 9.78 Å². The fraction of sp³-hybridized carbons (Fsp3) is 0.412. The standard InChI is InChI=1S/C17H19N5O3S/c1-21-11-17(15-14(26(21,24)25)10-19-12-20-15)4-8-22(9-5-17)16(23)13-2-6-18-7-3-13/h2-3,6-7,10,12H,4-5,8-9,11H2,1H3. The Morgan fingerprint density at radius 2 is 1.85 bits per heavy atom. The van der Waals surface area contributed by atoms with Gasteiger partial charge in [-0.05, 0) is 25.0 Å². The molecule has 0 saturated carbocycles. The van der Waals surface area contributed by atoms with Gasteiger partial charge in [0, 0.05) is 50.1 Å². The molecule has 0 atom stereocenters. The SMILES string of the molecule is CN1CC2(CCN(C(=O)c3ccncc3)CC2)c2ncncc2S1(=O)=O. The molecule has 26 heavy (non-hydrogen) atoms. The second kappa shape index (κ2) is 6.10. The van der Waals surface area contributed by atoms with Gasteiger partial charge in [-0.1, -0.05) is 0 Å². The molecule has 136 valence electrons. The number of carbonyl (C=O) groups excluding carboxylic acids is 1. The van der Waals surface area contributed by atoms with Crippen LogP contribution in [0.4, 0.5) is 0 Å². The third-order valence-electron chi connectivity index (χ3n) is 5.33. The number of rotatable bonds is 1. The van der Waals surface area contributed by atoms with E-state index in [1.807, 2.05) is 4.90 Å². The molecule has 0 aromatic carbocycles. The van der Waals surface area contributed by atoms with Gasteiger partial charge >= 0.3 is 0 Å². The minimum absolute atomic E-state index is 0.0260. The first-order chi connectivity index (χ1) is 12.4. The van der Waals surface area contributed by atoms with E-state index in [2.05, 4.69) is 15.0 Å². The number of likely N-dealkylation sites (N-methyl/N-ethyl adjacent to an activating group) is 1. The van der Waals surface area contributed by atoms with Crippen LogP contribution in [-0.2, 0) is 15.4 Å². The van der Waals surface area contributed by atoms with E-state index in [1.165, 1.54) is 16.8 Å². The molecule has 1 amide bonds. The topological polar surface area (TPSA) is 96.4 Å². The molecule has 4 heterocycles. The number of pyridine rings is 1. The lowest BCUT2D eigenvalue weighted by Gasteiger charge is -2.46. The summed E-state index contributed by atoms with van der Waals surface area (Å²) in [7, 11) is -1.96. The lowest BCUT2D eigenvalue weighted by molar-refractivity contribution is 0.0642. The van der Waals surface area contributed by atoms with Crippen molar-refractivity contribution in [3.05, 3.63) is 48.3 Å². The zero-order valence-corrected chi connectivity index (χ0v) is 15.2. The van der Waals surface area contributed by atoms with Crippen LogP contribution >= 0.6 is 0 Å². The van der Waals surface area contributed by atoms with E-state index in [0.717, 1.165) is 0 Å². The smallest absolute Gasteiger partial charge is 0.253 e. The predicted octanol–water partition coefficient (Wildman–Crippen LogP) is 0.680. The highest BCUT2D eigenvalue weighted by atomic mass is 32.2. The number of sulfonamides is 1. The maximum atomic E-state index is 12.7. The average molecular weight is 373 g/mol. The monoisotopic (exact) mass is 373 g/mol. The molecule has 0 bridgehead atoms. The van der Waals surface area contributed by atoms with Gasteiger partial charge in [0.25, 0.3) is 5.91 Å². The lowest BCUT2D eigenvalue weighted by Crippen LogP contribution is -2.54. The molecule has 0 aliphatic carbocycles. The molecule has 4 rings (SSSR count). The van der Waals surface area contributed by atoms with E-state index < -0.39 is 10.0 Å². The van der Waals surface area contributed by atoms with Crippen LogP contribution in [0, 0.1) is 0 Å². The number of fused-ring (bicyclic) bond motifs is 2. The fourth-order valence-corrected chi connectivity index (χ4v) is 5.33. The van der Waals surface area contributed by atoms with E-state index in [9.17, 15) is 13.2 Å². The van der Waals surface area contributed by atoms with Gasteiger partial charge in [-0.25, -0.2) is 18.4 Å². The van der Waals surface area contributed by atoms with E-state index in [4.69, 9.17) is 0 Å². The molecule has 0 unspecified atom stereocenters. The van der Waals surface area contributed by atoms with Crippen LogP contribution < -0.4 is 0 Å². The van der Waals surface area contributed by atoms with Crippen molar-refractivity contribution in [1.82, 2.24) is 24.2 Å². The highest BCUT2D eigenvalue weighted by Gasteiger charge is 2.48. The van der Waals surface area contributed by atoms with Crippen molar-refractivity contribution in [2.75, 3.05) is 26.7 Å². The number of carbonyl (C=O) groups is 1. The Balaban J connectivity index is 1.62. The molecule has 1 fully saturated rings. The van der Waals surface area contributed by atoms with Gasteiger partial charge in [-0.2, -0.15) is 4.31 Å². The largest absolute Gasteiger partial charge is 0.339 e. The van der Waals surface area contributed by atoms with Crippen molar-refractivity contribution >= 4 is 15.9 Å². The van der Waals surface area contributed by atoms with Gasteiger partial charge in [0.2, 0.25) is 10.0 Å². The van der Waals surface area contributed by atoms with Gasteiger partial charge < -0.3 is 4.90 Å². The summed E-state index contributed by atoms with van der Waals surface area (Å²) >= 11 is 0. The Bertz CT molecular complexity index is 940. The number of hydrogen-bond donors (Lipinski definition) is 0. The molecule has 0 radical (unpaired) electrons. The molecule has 1 saturated heterocycles. The minimum atomic E-state index is -3.55. The summed E-state index contributed by atoms with van der Waals surface area (Å²) in [4.78, 5) is 26.8. The van der Waals surface area contributed by atoms with E-state index in [1.54, 1.807) is 31.6 Å². The van der Waals surface area contributed by atoms with Crippen LogP contribution in [0.15, 0.2) is 41.9 Å². The van der Waals surface area contributed by atoms with Crippen LogP contribution in [0.1, 0.15) is 28.9 Å². The highest BCUT2D eigenvalue weighted by molar-refractivity contribution is 7.89. The van der Waals surface area contributed by atoms with Crippen molar-refractivity contribution in [2.24, 2.45) is 0 Å². The third-order valence-corrected chi connectivity index (χ3v) is 7.13. The summed E-state index contributed by atoms with van der Waals surface area (Å²) in [5, 5.41) is 0. The summed E-state index contributed by atoms with van der Waals surface area (Å²) in [6.07, 6.45) is 7.31. The molecular formula is C17H19N5O3S. The van der Waals surface area contributed by atoms with E-state index in [-0.39, 0.29) is 16.2 Å². The normalized spacial score (nSPS) is 21.3. The van der Waals surface area contributed by atoms with Crippen LogP contribution in [0.25, 0.3) is 0 Å². The summed E-state index contributed by atoms with van der Waals surface area (Å²) < 4.78 is 26.5. The molecule has 8 nitrogen and oxygen atoms in total. The first-order valence-corrected chi connectivity index (χ1v) is 9.84. The van der Waals surface area contributed by atoms with E-state index >= 15 is 0 Å². The first-order valence-electron chi connectivity index (χ1n) is 8.40. The molecule has 2 aliphatic rings. The van der Waals surface area contributed by atoms with Crippen molar-refractivity contribution < 1.29 is 13.2 Å². The second-order valence-electron chi connectivity index (χ2n) is 6.81. The fourth-order valence-electron chi connectivity index (χ4n) is 3.87. The van der Waals surface area contributed by atoms with E-state index in [0.29, 0.717) is 43.7 Å². The Morgan fingerprint density at radius 3 is 2.54 bits per heavy atom. The summed E-state index contributed by atoms with van der Waals surface area (Å²) in [6.45, 7) is 1.48. The Kier molecular flexibility index (Phi) is 4.00. The molecular weight excluding hydrogens is 354 g/mol. The number of piperidine rings is 1. The van der Waals surface area contributed by atoms with Crippen LogP contribution in [0.3, 0.4) is 0 Å². The van der Waals surface area contributed by atoms with Gasteiger partial charge in [0.15, 0.2) is 0 Å². The number of hydrogen-bond acceptors (Lipinski definition) is 6. The Labute approximate surface area is 151 Å². The Morgan fingerprint density at radius 1 is 1.15 bits per heavy atom. The maximum absolute atomic E-state index is 12.7. The van der Waals surface area contributed by atoms with Crippen LogP contribution in [0.5, 0.6) is 0 Å². The molecule has 2 aliphatic heterocycles. The minimum Gasteiger partial charge on any atom is -0.339 e. The molecule has 0 N–H and O–H groups in total. The van der Waals surface area contributed by atoms with Crippen molar-refractivity contribution in [2.45, 2.75) is 23.2 Å². The number of aromatic nitrogens is 3. The van der Waals surface area contributed by atoms with Crippen LogP contribution in [-0.4, -0.2) is 65.2 Å². The Hall–Kier alpha value is -2.39. The van der Waals surface area contributed by atoms with Crippen molar-refractivity contribution in [1.29, 1.82) is 0 Å². The number of amides is 1. The van der Waals surface area contributed by atoms with Gasteiger partial charge in [-0.15, -0.1) is 0 Å². The zero-order chi connectivity index (χ0) is 18.4. The van der Waals surface area contributed by atoms with Gasteiger partial charge in [0.05, 0.1) is 11.9 Å².